The molecule has 6 heteroatoms. The molecule has 14 heavy (non-hydrogen) atoms. The summed E-state index contributed by atoms with van der Waals surface area (Å²) in [6.45, 7) is 5.66. The maximum absolute atomic E-state index is 10.8. The van der Waals surface area contributed by atoms with Gasteiger partial charge in [-0.2, -0.15) is 0 Å². The summed E-state index contributed by atoms with van der Waals surface area (Å²) in [5.41, 5.74) is 5.58. The number of rotatable bonds is 1. The van der Waals surface area contributed by atoms with Gasteiger partial charge in [0, 0.05) is 12.5 Å². The van der Waals surface area contributed by atoms with Crippen molar-refractivity contribution in [2.24, 2.45) is 7.05 Å². The zero-order chi connectivity index (χ0) is 11.1. The van der Waals surface area contributed by atoms with E-state index in [-0.39, 0.29) is 16.9 Å². The van der Waals surface area contributed by atoms with Crippen LogP contribution in [-0.4, -0.2) is 14.7 Å². The molecule has 0 radical (unpaired) electrons. The van der Waals surface area contributed by atoms with Crippen LogP contribution in [0.15, 0.2) is 0 Å². The number of nitrogen functional groups attached to an aromatic ring is 1. The lowest BCUT2D eigenvalue weighted by molar-refractivity contribution is -0.385. The second-order valence-corrected chi connectivity index (χ2v) is 4.21. The van der Waals surface area contributed by atoms with Crippen molar-refractivity contribution in [3.63, 3.8) is 0 Å². The van der Waals surface area contributed by atoms with E-state index in [1.165, 1.54) is 4.68 Å². The fraction of sp³-hybridized carbons (Fsp3) is 0.625. The van der Waals surface area contributed by atoms with Crippen molar-refractivity contribution in [2.45, 2.75) is 26.2 Å². The van der Waals surface area contributed by atoms with Gasteiger partial charge in [-0.15, -0.1) is 5.10 Å². The molecule has 1 heterocycles. The van der Waals surface area contributed by atoms with Crippen molar-refractivity contribution < 1.29 is 4.92 Å². The summed E-state index contributed by atoms with van der Waals surface area (Å²) in [4.78, 5) is 10.3. The summed E-state index contributed by atoms with van der Waals surface area (Å²) < 4.78 is 1.47. The van der Waals surface area contributed by atoms with Crippen molar-refractivity contribution >= 4 is 11.5 Å². The maximum atomic E-state index is 10.8. The number of hydrogen-bond acceptors (Lipinski definition) is 4. The first-order valence-electron chi connectivity index (χ1n) is 4.22. The van der Waals surface area contributed by atoms with E-state index in [0.29, 0.717) is 5.69 Å². The lowest BCUT2D eigenvalue weighted by atomic mass is 9.91. The molecular formula is C8H14N4O2. The predicted molar refractivity (Wildman–Crippen MR) is 53.0 cm³/mol. The maximum Gasteiger partial charge on any atom is 0.334 e. The number of hydrogen-bond donors (Lipinski definition) is 1. The number of nitrogens with two attached hydrogens (primary N) is 1. The Kier molecular flexibility index (Phi) is 2.22. The Morgan fingerprint density at radius 2 is 2.00 bits per heavy atom. The van der Waals surface area contributed by atoms with Crippen LogP contribution in [0.1, 0.15) is 26.5 Å². The van der Waals surface area contributed by atoms with E-state index < -0.39 is 4.92 Å². The van der Waals surface area contributed by atoms with Gasteiger partial charge in [0.2, 0.25) is 5.82 Å². The molecule has 1 rings (SSSR count). The molecular weight excluding hydrogens is 184 g/mol. The Morgan fingerprint density at radius 1 is 1.50 bits per heavy atom. The van der Waals surface area contributed by atoms with Crippen LogP contribution in [0, 0.1) is 10.1 Å². The summed E-state index contributed by atoms with van der Waals surface area (Å²) in [6, 6.07) is 0. The topological polar surface area (TPSA) is 87.0 Å². The van der Waals surface area contributed by atoms with Gasteiger partial charge in [0.25, 0.3) is 0 Å². The van der Waals surface area contributed by atoms with Crippen LogP contribution in [-0.2, 0) is 12.5 Å². The van der Waals surface area contributed by atoms with Crippen LogP contribution in [0.5, 0.6) is 0 Å². The normalized spacial score (nSPS) is 11.7. The summed E-state index contributed by atoms with van der Waals surface area (Å²) in [5.74, 6) is -0.0255. The Labute approximate surface area is 81.9 Å². The van der Waals surface area contributed by atoms with Gasteiger partial charge in [-0.05, 0) is 0 Å². The number of aromatic nitrogens is 2. The smallest absolute Gasteiger partial charge is 0.334 e. The van der Waals surface area contributed by atoms with E-state index in [2.05, 4.69) is 5.10 Å². The lowest BCUT2D eigenvalue weighted by Crippen LogP contribution is -2.18. The molecule has 0 saturated heterocycles. The molecule has 2 N–H and O–H groups in total. The van der Waals surface area contributed by atoms with E-state index in [4.69, 9.17) is 5.73 Å². The number of anilines is 1. The quantitative estimate of drug-likeness (QED) is 0.542. The molecule has 1 aromatic heterocycles. The molecule has 0 aliphatic heterocycles. The monoisotopic (exact) mass is 198 g/mol. The Hall–Kier alpha value is -1.59. The van der Waals surface area contributed by atoms with Crippen molar-refractivity contribution in [3.8, 4) is 0 Å². The average Bonchev–Trinajstić information content (AvgIpc) is 2.23. The lowest BCUT2D eigenvalue weighted by Gasteiger charge is -2.17. The van der Waals surface area contributed by atoms with Crippen LogP contribution in [0.2, 0.25) is 0 Å². The molecule has 0 atom stereocenters. The predicted octanol–water partition coefficient (Wildman–Crippen LogP) is 1.21. The van der Waals surface area contributed by atoms with Crippen LogP contribution < -0.4 is 5.73 Å². The van der Waals surface area contributed by atoms with Crippen LogP contribution in [0.4, 0.5) is 11.5 Å². The first kappa shape index (κ1) is 10.5. The number of aryl methyl sites for hydroxylation is 1. The fourth-order valence-corrected chi connectivity index (χ4v) is 1.55. The highest BCUT2D eigenvalue weighted by Gasteiger charge is 2.32. The molecule has 0 aliphatic rings. The minimum Gasteiger partial charge on any atom is -0.376 e. The minimum absolute atomic E-state index is 0.0255. The van der Waals surface area contributed by atoms with E-state index in [9.17, 15) is 10.1 Å². The summed E-state index contributed by atoms with van der Waals surface area (Å²) >= 11 is 0. The van der Waals surface area contributed by atoms with Crippen LogP contribution >= 0.6 is 0 Å². The van der Waals surface area contributed by atoms with Gasteiger partial charge in [-0.3, -0.25) is 14.8 Å². The van der Waals surface area contributed by atoms with E-state index >= 15 is 0 Å². The average molecular weight is 198 g/mol. The van der Waals surface area contributed by atoms with Gasteiger partial charge < -0.3 is 5.73 Å². The highest BCUT2D eigenvalue weighted by Crippen LogP contribution is 2.34. The SMILES string of the molecule is Cn1nc(N)c([N+](=O)[O-])c1C(C)(C)C. The van der Waals surface area contributed by atoms with Crippen molar-refractivity contribution in [1.29, 1.82) is 0 Å². The first-order valence-corrected chi connectivity index (χ1v) is 4.22. The Bertz CT molecular complexity index is 375. The third-order valence-corrected chi connectivity index (χ3v) is 1.94. The molecule has 0 fully saturated rings. The molecule has 0 aromatic carbocycles. The van der Waals surface area contributed by atoms with Gasteiger partial charge in [-0.25, -0.2) is 0 Å². The summed E-state index contributed by atoms with van der Waals surface area (Å²) in [5, 5.41) is 14.6. The van der Waals surface area contributed by atoms with Crippen LogP contribution in [0.3, 0.4) is 0 Å². The Balaban J connectivity index is 3.48. The molecule has 0 spiro atoms. The van der Waals surface area contributed by atoms with E-state index in [0.717, 1.165) is 0 Å². The second-order valence-electron chi connectivity index (χ2n) is 4.21. The van der Waals surface area contributed by atoms with E-state index in [1.807, 2.05) is 20.8 Å². The zero-order valence-corrected chi connectivity index (χ0v) is 8.74. The largest absolute Gasteiger partial charge is 0.376 e. The standard InChI is InChI=1S/C8H14N4O2/c1-8(2,3)6-5(12(13)14)7(9)10-11(6)4/h1-4H3,(H2,9,10). The van der Waals surface area contributed by atoms with Gasteiger partial charge >= 0.3 is 5.69 Å². The molecule has 0 bridgehead atoms. The van der Waals surface area contributed by atoms with Gasteiger partial charge in [0.1, 0.15) is 5.69 Å². The van der Waals surface area contributed by atoms with Crippen LogP contribution in [0.25, 0.3) is 0 Å². The second kappa shape index (κ2) is 2.97. The summed E-state index contributed by atoms with van der Waals surface area (Å²) in [7, 11) is 1.66. The van der Waals surface area contributed by atoms with Crippen molar-refractivity contribution in [1.82, 2.24) is 9.78 Å². The highest BCUT2D eigenvalue weighted by atomic mass is 16.6. The molecule has 78 valence electrons. The van der Waals surface area contributed by atoms with Crippen molar-refractivity contribution in [3.05, 3.63) is 15.8 Å². The molecule has 0 amide bonds. The van der Waals surface area contributed by atoms with E-state index in [1.54, 1.807) is 7.05 Å². The van der Waals surface area contributed by atoms with Crippen molar-refractivity contribution in [2.75, 3.05) is 5.73 Å². The minimum atomic E-state index is -0.483. The number of nitro groups is 1. The highest BCUT2D eigenvalue weighted by molar-refractivity contribution is 5.57. The molecule has 1 aromatic rings. The van der Waals surface area contributed by atoms with Gasteiger partial charge in [0.15, 0.2) is 0 Å². The number of nitrogens with zero attached hydrogens (tertiary/aromatic N) is 3. The Morgan fingerprint density at radius 3 is 2.29 bits per heavy atom. The molecule has 0 saturated carbocycles. The van der Waals surface area contributed by atoms with Gasteiger partial charge in [0.05, 0.1) is 4.92 Å². The first-order chi connectivity index (χ1) is 6.25. The third kappa shape index (κ3) is 1.55. The third-order valence-electron chi connectivity index (χ3n) is 1.94. The van der Waals surface area contributed by atoms with Gasteiger partial charge in [-0.1, -0.05) is 20.8 Å². The zero-order valence-electron chi connectivity index (χ0n) is 8.74. The fourth-order valence-electron chi connectivity index (χ4n) is 1.55. The molecule has 0 unspecified atom stereocenters. The molecule has 0 aliphatic carbocycles. The summed E-state index contributed by atoms with van der Waals surface area (Å²) in [6.07, 6.45) is 0. The molecule has 6 nitrogen and oxygen atoms in total.